The SMILES string of the molecule is CSC1(CNc2nc(Cl)c(Cl)cc2Cl)CCCC1. The second-order valence-electron chi connectivity index (χ2n) is 4.54. The van der Waals surface area contributed by atoms with Crippen LogP contribution in [0.2, 0.25) is 15.2 Å². The number of thioether (sulfide) groups is 1. The summed E-state index contributed by atoms with van der Waals surface area (Å²) in [6.07, 6.45) is 7.23. The van der Waals surface area contributed by atoms with Crippen molar-refractivity contribution in [3.63, 3.8) is 0 Å². The molecule has 100 valence electrons. The maximum absolute atomic E-state index is 6.10. The molecule has 0 aromatic carbocycles. The van der Waals surface area contributed by atoms with Gasteiger partial charge in [0, 0.05) is 11.3 Å². The van der Waals surface area contributed by atoms with Gasteiger partial charge in [-0.05, 0) is 25.2 Å². The first-order chi connectivity index (χ1) is 8.56. The van der Waals surface area contributed by atoms with Gasteiger partial charge in [-0.15, -0.1) is 0 Å². The molecule has 1 heterocycles. The summed E-state index contributed by atoms with van der Waals surface area (Å²) in [6.45, 7) is 0.860. The second-order valence-corrected chi connectivity index (χ2v) is 6.99. The third kappa shape index (κ3) is 3.19. The maximum Gasteiger partial charge on any atom is 0.150 e. The molecule has 0 amide bonds. The highest BCUT2D eigenvalue weighted by Crippen LogP contribution is 2.40. The van der Waals surface area contributed by atoms with Crippen molar-refractivity contribution >= 4 is 52.4 Å². The molecule has 0 radical (unpaired) electrons. The molecule has 1 aliphatic carbocycles. The Morgan fingerprint density at radius 3 is 2.56 bits per heavy atom. The standard InChI is InChI=1S/C12H15Cl3N2S/c1-18-12(4-2-3-5-12)7-16-11-9(14)6-8(13)10(15)17-11/h6H,2-5,7H2,1H3,(H,16,17). The number of halogens is 3. The molecule has 1 aromatic heterocycles. The van der Waals surface area contributed by atoms with E-state index in [9.17, 15) is 0 Å². The molecule has 1 aliphatic rings. The normalized spacial score (nSPS) is 18.0. The summed E-state index contributed by atoms with van der Waals surface area (Å²) in [7, 11) is 0. The smallest absolute Gasteiger partial charge is 0.150 e. The van der Waals surface area contributed by atoms with Gasteiger partial charge < -0.3 is 5.32 Å². The van der Waals surface area contributed by atoms with E-state index in [1.165, 1.54) is 25.7 Å². The molecule has 1 saturated carbocycles. The second kappa shape index (κ2) is 6.08. The number of pyridine rings is 1. The molecule has 1 N–H and O–H groups in total. The van der Waals surface area contributed by atoms with Crippen molar-refractivity contribution in [2.45, 2.75) is 30.4 Å². The summed E-state index contributed by atoms with van der Waals surface area (Å²) < 4.78 is 0.303. The highest BCUT2D eigenvalue weighted by Gasteiger charge is 2.32. The Morgan fingerprint density at radius 2 is 1.94 bits per heavy atom. The van der Waals surface area contributed by atoms with E-state index >= 15 is 0 Å². The Labute approximate surface area is 127 Å². The number of nitrogens with one attached hydrogen (secondary N) is 1. The maximum atomic E-state index is 6.10. The summed E-state index contributed by atoms with van der Waals surface area (Å²) in [5.74, 6) is 0.617. The fraction of sp³-hybridized carbons (Fsp3) is 0.583. The molecule has 0 bridgehead atoms. The van der Waals surface area contributed by atoms with Crippen LogP contribution in [0.3, 0.4) is 0 Å². The summed E-state index contributed by atoms with van der Waals surface area (Å²) in [4.78, 5) is 4.18. The van der Waals surface area contributed by atoms with Gasteiger partial charge in [0.15, 0.2) is 0 Å². The average molecular weight is 326 g/mol. The number of aromatic nitrogens is 1. The molecule has 0 unspecified atom stereocenters. The van der Waals surface area contributed by atoms with Crippen molar-refractivity contribution in [3.8, 4) is 0 Å². The van der Waals surface area contributed by atoms with Gasteiger partial charge in [0.1, 0.15) is 11.0 Å². The highest BCUT2D eigenvalue weighted by molar-refractivity contribution is 8.00. The van der Waals surface area contributed by atoms with Crippen LogP contribution in [0.1, 0.15) is 25.7 Å². The van der Waals surface area contributed by atoms with Crippen molar-refractivity contribution in [1.29, 1.82) is 0 Å². The minimum Gasteiger partial charge on any atom is -0.367 e. The molecule has 0 atom stereocenters. The molecule has 2 nitrogen and oxygen atoms in total. The van der Waals surface area contributed by atoms with E-state index in [0.29, 0.717) is 20.6 Å². The fourth-order valence-corrected chi connectivity index (χ4v) is 3.76. The lowest BCUT2D eigenvalue weighted by atomic mass is 10.1. The van der Waals surface area contributed by atoms with Crippen LogP contribution in [-0.4, -0.2) is 22.5 Å². The van der Waals surface area contributed by atoms with Crippen LogP contribution in [-0.2, 0) is 0 Å². The van der Waals surface area contributed by atoms with Crippen LogP contribution in [0, 0.1) is 0 Å². The zero-order chi connectivity index (χ0) is 13.2. The van der Waals surface area contributed by atoms with Gasteiger partial charge in [0.25, 0.3) is 0 Å². The number of hydrogen-bond acceptors (Lipinski definition) is 3. The number of rotatable bonds is 4. The summed E-state index contributed by atoms with van der Waals surface area (Å²) in [5, 5.41) is 4.49. The minimum absolute atomic E-state index is 0.285. The zero-order valence-corrected chi connectivity index (χ0v) is 13.2. The number of anilines is 1. The van der Waals surface area contributed by atoms with E-state index in [-0.39, 0.29) is 5.15 Å². The van der Waals surface area contributed by atoms with Crippen LogP contribution in [0.15, 0.2) is 6.07 Å². The lowest BCUT2D eigenvalue weighted by Crippen LogP contribution is -2.30. The predicted molar refractivity (Wildman–Crippen MR) is 82.5 cm³/mol. The van der Waals surface area contributed by atoms with Crippen molar-refractivity contribution in [1.82, 2.24) is 4.98 Å². The van der Waals surface area contributed by atoms with Gasteiger partial charge >= 0.3 is 0 Å². The van der Waals surface area contributed by atoms with Crippen molar-refractivity contribution < 1.29 is 0 Å². The van der Waals surface area contributed by atoms with E-state index in [4.69, 9.17) is 34.8 Å². The first kappa shape index (κ1) is 14.6. The Balaban J connectivity index is 2.08. The first-order valence-corrected chi connectivity index (χ1v) is 8.23. The predicted octanol–water partition coefficient (Wildman–Crippen LogP) is 5.13. The third-order valence-electron chi connectivity index (χ3n) is 3.41. The van der Waals surface area contributed by atoms with Crippen LogP contribution in [0.25, 0.3) is 0 Å². The van der Waals surface area contributed by atoms with E-state index in [2.05, 4.69) is 16.6 Å². The van der Waals surface area contributed by atoms with Gasteiger partial charge in [0.2, 0.25) is 0 Å². The quantitative estimate of drug-likeness (QED) is 0.777. The van der Waals surface area contributed by atoms with Crippen LogP contribution in [0.4, 0.5) is 5.82 Å². The van der Waals surface area contributed by atoms with Crippen LogP contribution >= 0.6 is 46.6 Å². The van der Waals surface area contributed by atoms with E-state index in [1.54, 1.807) is 6.07 Å². The molecule has 1 fully saturated rings. The average Bonchev–Trinajstić information content (AvgIpc) is 2.82. The molecular formula is C12H15Cl3N2S. The van der Waals surface area contributed by atoms with Gasteiger partial charge in [-0.25, -0.2) is 4.98 Å². The number of nitrogens with zero attached hydrogens (tertiary/aromatic N) is 1. The zero-order valence-electron chi connectivity index (χ0n) is 10.1. The van der Waals surface area contributed by atoms with Gasteiger partial charge in [-0.3, -0.25) is 0 Å². The molecule has 0 spiro atoms. The van der Waals surface area contributed by atoms with Crippen molar-refractivity contribution in [2.24, 2.45) is 0 Å². The summed E-state index contributed by atoms with van der Waals surface area (Å²) >= 11 is 19.8. The van der Waals surface area contributed by atoms with E-state index in [1.807, 2.05) is 11.8 Å². The van der Waals surface area contributed by atoms with Gasteiger partial charge in [-0.1, -0.05) is 47.6 Å². The number of hydrogen-bond donors (Lipinski definition) is 1. The summed E-state index contributed by atoms with van der Waals surface area (Å²) in [5.41, 5.74) is 0. The lowest BCUT2D eigenvalue weighted by Gasteiger charge is -2.27. The van der Waals surface area contributed by atoms with Gasteiger partial charge in [-0.2, -0.15) is 11.8 Å². The van der Waals surface area contributed by atoms with Crippen LogP contribution < -0.4 is 5.32 Å². The Bertz CT molecular complexity index is 434. The van der Waals surface area contributed by atoms with E-state index in [0.717, 1.165) is 6.54 Å². The van der Waals surface area contributed by atoms with Crippen molar-refractivity contribution in [3.05, 3.63) is 21.3 Å². The Hall–Kier alpha value is 0.170. The lowest BCUT2D eigenvalue weighted by molar-refractivity contribution is 0.638. The van der Waals surface area contributed by atoms with Crippen molar-refractivity contribution in [2.75, 3.05) is 18.1 Å². The molecular weight excluding hydrogens is 311 g/mol. The first-order valence-electron chi connectivity index (χ1n) is 5.87. The molecule has 0 saturated heterocycles. The molecule has 2 rings (SSSR count). The Kier molecular flexibility index (Phi) is 4.92. The van der Waals surface area contributed by atoms with E-state index < -0.39 is 0 Å². The Morgan fingerprint density at radius 1 is 1.28 bits per heavy atom. The topological polar surface area (TPSA) is 24.9 Å². The van der Waals surface area contributed by atoms with Gasteiger partial charge in [0.05, 0.1) is 10.0 Å². The monoisotopic (exact) mass is 324 g/mol. The largest absolute Gasteiger partial charge is 0.367 e. The molecule has 6 heteroatoms. The molecule has 0 aliphatic heterocycles. The van der Waals surface area contributed by atoms with Crippen LogP contribution in [0.5, 0.6) is 0 Å². The highest BCUT2D eigenvalue weighted by atomic mass is 35.5. The third-order valence-corrected chi connectivity index (χ3v) is 5.79. The molecule has 18 heavy (non-hydrogen) atoms. The minimum atomic E-state index is 0.285. The summed E-state index contributed by atoms with van der Waals surface area (Å²) in [6, 6.07) is 1.63. The molecule has 1 aromatic rings. The fourth-order valence-electron chi connectivity index (χ4n) is 2.29.